The first-order valence-electron chi connectivity index (χ1n) is 7.90. The van der Waals surface area contributed by atoms with Crippen LogP contribution in [0.25, 0.3) is 0 Å². The molecule has 0 aliphatic carbocycles. The highest BCUT2D eigenvalue weighted by atomic mass is 32.1. The summed E-state index contributed by atoms with van der Waals surface area (Å²) in [6, 6.07) is 7.74. The Morgan fingerprint density at radius 1 is 1.26 bits per heavy atom. The van der Waals surface area contributed by atoms with Crippen LogP contribution >= 0.6 is 11.3 Å². The molecule has 1 fully saturated rings. The van der Waals surface area contributed by atoms with E-state index in [4.69, 9.17) is 0 Å². The van der Waals surface area contributed by atoms with Gasteiger partial charge in [0, 0.05) is 43.4 Å². The van der Waals surface area contributed by atoms with Crippen LogP contribution < -0.4 is 10.2 Å². The molecule has 2 aromatic rings. The van der Waals surface area contributed by atoms with E-state index in [2.05, 4.69) is 20.1 Å². The van der Waals surface area contributed by atoms with Gasteiger partial charge in [0.25, 0.3) is 0 Å². The summed E-state index contributed by atoms with van der Waals surface area (Å²) in [6.45, 7) is 7.56. The number of aromatic nitrogens is 1. The molecule has 0 bridgehead atoms. The maximum absolute atomic E-state index is 12.5. The molecule has 1 N–H and O–H groups in total. The van der Waals surface area contributed by atoms with Gasteiger partial charge in [0.15, 0.2) is 5.13 Å². The van der Waals surface area contributed by atoms with Crippen LogP contribution in [-0.2, 0) is 4.79 Å². The molecule has 122 valence electrons. The van der Waals surface area contributed by atoms with Gasteiger partial charge in [-0.25, -0.2) is 4.98 Å². The van der Waals surface area contributed by atoms with Gasteiger partial charge in [0.05, 0.1) is 6.04 Å². The van der Waals surface area contributed by atoms with E-state index in [1.165, 1.54) is 0 Å². The van der Waals surface area contributed by atoms with E-state index in [1.54, 1.807) is 11.3 Å². The molecule has 1 aromatic carbocycles. The average molecular weight is 330 g/mol. The largest absolute Gasteiger partial charge is 0.346 e. The van der Waals surface area contributed by atoms with Crippen molar-refractivity contribution in [3.63, 3.8) is 0 Å². The minimum atomic E-state index is -0.131. The van der Waals surface area contributed by atoms with Crippen LogP contribution in [-0.4, -0.2) is 48.0 Å². The normalized spacial score (nSPS) is 17.0. The number of amides is 1. The zero-order valence-corrected chi connectivity index (χ0v) is 14.3. The summed E-state index contributed by atoms with van der Waals surface area (Å²) in [5.41, 5.74) is 1.98. The molecule has 5 nitrogen and oxygen atoms in total. The van der Waals surface area contributed by atoms with Gasteiger partial charge < -0.3 is 10.2 Å². The molecule has 6 heteroatoms. The average Bonchev–Trinajstić information content (AvgIpc) is 3.11. The van der Waals surface area contributed by atoms with Crippen molar-refractivity contribution in [2.75, 3.05) is 36.4 Å². The second kappa shape index (κ2) is 7.10. The summed E-state index contributed by atoms with van der Waals surface area (Å²) < 4.78 is 0. The molecule has 1 aromatic heterocycles. The van der Waals surface area contributed by atoms with E-state index in [1.807, 2.05) is 49.7 Å². The minimum absolute atomic E-state index is 0.0574. The number of thiazole rings is 1. The number of nitrogens with zero attached hydrogens (tertiary/aromatic N) is 3. The molecule has 0 radical (unpaired) electrons. The molecule has 0 saturated carbocycles. The Hall–Kier alpha value is -1.92. The van der Waals surface area contributed by atoms with Gasteiger partial charge in [-0.1, -0.05) is 18.2 Å². The maximum Gasteiger partial charge on any atom is 0.241 e. The van der Waals surface area contributed by atoms with Crippen LogP contribution in [0.5, 0.6) is 0 Å². The van der Waals surface area contributed by atoms with Gasteiger partial charge >= 0.3 is 0 Å². The number of para-hydroxylation sites is 1. The summed E-state index contributed by atoms with van der Waals surface area (Å²) in [5, 5.41) is 6.11. The molecule has 1 aliphatic heterocycles. The van der Waals surface area contributed by atoms with Crippen molar-refractivity contribution in [2.24, 2.45) is 0 Å². The SMILES string of the molecule is Cc1ccccc1NC(=O)[C@H](C)N1CCN(c2nccs2)CC1. The lowest BCUT2D eigenvalue weighted by Crippen LogP contribution is -2.52. The summed E-state index contributed by atoms with van der Waals surface area (Å²) in [6.07, 6.45) is 1.84. The number of piperazine rings is 1. The van der Waals surface area contributed by atoms with Crippen LogP contribution in [0.15, 0.2) is 35.8 Å². The predicted molar refractivity (Wildman–Crippen MR) is 95.2 cm³/mol. The molecule has 0 spiro atoms. The van der Waals surface area contributed by atoms with Crippen LogP contribution in [0.4, 0.5) is 10.8 Å². The highest BCUT2D eigenvalue weighted by Crippen LogP contribution is 2.20. The number of benzene rings is 1. The number of anilines is 2. The van der Waals surface area contributed by atoms with E-state index >= 15 is 0 Å². The number of carbonyl (C=O) groups excluding carboxylic acids is 1. The number of rotatable bonds is 4. The molecule has 1 amide bonds. The van der Waals surface area contributed by atoms with Gasteiger partial charge in [0.2, 0.25) is 5.91 Å². The third-order valence-electron chi connectivity index (χ3n) is 4.33. The van der Waals surface area contributed by atoms with E-state index in [0.29, 0.717) is 0 Å². The zero-order valence-electron chi connectivity index (χ0n) is 13.5. The van der Waals surface area contributed by atoms with Crippen molar-refractivity contribution in [3.8, 4) is 0 Å². The van der Waals surface area contributed by atoms with E-state index < -0.39 is 0 Å². The second-order valence-electron chi connectivity index (χ2n) is 5.82. The molecule has 1 aliphatic rings. The molecule has 0 unspecified atom stereocenters. The van der Waals surface area contributed by atoms with Crippen molar-refractivity contribution in [3.05, 3.63) is 41.4 Å². The summed E-state index contributed by atoms with van der Waals surface area (Å²) in [7, 11) is 0. The first-order chi connectivity index (χ1) is 11.1. The van der Waals surface area contributed by atoms with Crippen molar-refractivity contribution < 1.29 is 4.79 Å². The molecule has 1 atom stereocenters. The van der Waals surface area contributed by atoms with Gasteiger partial charge in [-0.2, -0.15) is 0 Å². The fraction of sp³-hybridized carbons (Fsp3) is 0.412. The number of hydrogen-bond donors (Lipinski definition) is 1. The van der Waals surface area contributed by atoms with Gasteiger partial charge in [-0.15, -0.1) is 11.3 Å². The van der Waals surface area contributed by atoms with Crippen molar-refractivity contribution in [2.45, 2.75) is 19.9 Å². The number of carbonyl (C=O) groups is 1. The smallest absolute Gasteiger partial charge is 0.241 e. The van der Waals surface area contributed by atoms with Gasteiger partial charge in [-0.3, -0.25) is 9.69 Å². The quantitative estimate of drug-likeness (QED) is 0.936. The summed E-state index contributed by atoms with van der Waals surface area (Å²) in [5.74, 6) is 0.0574. The Bertz CT molecular complexity index is 650. The summed E-state index contributed by atoms with van der Waals surface area (Å²) >= 11 is 1.67. The Labute approximate surface area is 140 Å². The van der Waals surface area contributed by atoms with E-state index in [0.717, 1.165) is 42.6 Å². The zero-order chi connectivity index (χ0) is 16.2. The van der Waals surface area contributed by atoms with E-state index in [9.17, 15) is 4.79 Å². The topological polar surface area (TPSA) is 48.5 Å². The van der Waals surface area contributed by atoms with Crippen LogP contribution in [0.3, 0.4) is 0 Å². The monoisotopic (exact) mass is 330 g/mol. The minimum Gasteiger partial charge on any atom is -0.346 e. The Morgan fingerprint density at radius 2 is 2.00 bits per heavy atom. The third kappa shape index (κ3) is 3.71. The van der Waals surface area contributed by atoms with Gasteiger partial charge in [-0.05, 0) is 25.5 Å². The lowest BCUT2D eigenvalue weighted by molar-refractivity contribution is -0.120. The number of aryl methyl sites for hydroxylation is 1. The number of hydrogen-bond acceptors (Lipinski definition) is 5. The third-order valence-corrected chi connectivity index (χ3v) is 5.17. The van der Waals surface area contributed by atoms with Crippen molar-refractivity contribution in [1.82, 2.24) is 9.88 Å². The maximum atomic E-state index is 12.5. The Balaban J connectivity index is 1.55. The van der Waals surface area contributed by atoms with Crippen LogP contribution in [0, 0.1) is 6.92 Å². The lowest BCUT2D eigenvalue weighted by atomic mass is 10.1. The summed E-state index contributed by atoms with van der Waals surface area (Å²) in [4.78, 5) is 21.4. The predicted octanol–water partition coefficient (Wildman–Crippen LogP) is 2.60. The lowest BCUT2D eigenvalue weighted by Gasteiger charge is -2.37. The number of nitrogens with one attached hydrogen (secondary N) is 1. The van der Waals surface area contributed by atoms with E-state index in [-0.39, 0.29) is 11.9 Å². The first-order valence-corrected chi connectivity index (χ1v) is 8.78. The molecular weight excluding hydrogens is 308 g/mol. The van der Waals surface area contributed by atoms with Gasteiger partial charge in [0.1, 0.15) is 0 Å². The molecule has 2 heterocycles. The fourth-order valence-corrected chi connectivity index (χ4v) is 3.49. The second-order valence-corrected chi connectivity index (χ2v) is 6.69. The van der Waals surface area contributed by atoms with Crippen molar-refractivity contribution in [1.29, 1.82) is 0 Å². The fourth-order valence-electron chi connectivity index (χ4n) is 2.79. The van der Waals surface area contributed by atoms with Crippen LogP contribution in [0.2, 0.25) is 0 Å². The first kappa shape index (κ1) is 16.0. The molecule has 1 saturated heterocycles. The Kier molecular flexibility index (Phi) is 4.93. The van der Waals surface area contributed by atoms with Crippen LogP contribution in [0.1, 0.15) is 12.5 Å². The Morgan fingerprint density at radius 3 is 2.65 bits per heavy atom. The molecule has 23 heavy (non-hydrogen) atoms. The molecular formula is C17H22N4OS. The van der Waals surface area contributed by atoms with Crippen molar-refractivity contribution >= 4 is 28.1 Å². The highest BCUT2D eigenvalue weighted by Gasteiger charge is 2.26. The molecule has 3 rings (SSSR count). The standard InChI is InChI=1S/C17H22N4OS/c1-13-5-3-4-6-15(13)19-16(22)14(2)20-8-10-21(11-9-20)17-18-7-12-23-17/h3-7,12,14H,8-11H2,1-2H3,(H,19,22)/t14-/m0/s1. The highest BCUT2D eigenvalue weighted by molar-refractivity contribution is 7.13.